The third-order valence-corrected chi connectivity index (χ3v) is 3.42. The quantitative estimate of drug-likeness (QED) is 0.640. The fourth-order valence-electron chi connectivity index (χ4n) is 0.761. The van der Waals surface area contributed by atoms with Crippen molar-refractivity contribution in [3.05, 3.63) is 0 Å². The van der Waals surface area contributed by atoms with Gasteiger partial charge in [0.2, 0.25) is 5.91 Å². The van der Waals surface area contributed by atoms with Crippen LogP contribution >= 0.6 is 0 Å². The van der Waals surface area contributed by atoms with Gasteiger partial charge in [0.15, 0.2) is 9.84 Å². The molecule has 0 aliphatic rings. The third kappa shape index (κ3) is 4.28. The van der Waals surface area contributed by atoms with Crippen molar-refractivity contribution in [2.24, 2.45) is 0 Å². The molecule has 2 atom stereocenters. The molecule has 0 rings (SSSR count). The standard InChI is InChI=1S/C8H15NO5S/c1-5(8(11)14-3)9-7(10)6(2)15(4,12)13/h5-6H,1-4H3,(H,9,10). The molecular formula is C8H15NO5S. The lowest BCUT2D eigenvalue weighted by Crippen LogP contribution is -2.45. The van der Waals surface area contributed by atoms with Gasteiger partial charge in [0.05, 0.1) is 7.11 Å². The van der Waals surface area contributed by atoms with Crippen LogP contribution in [0.4, 0.5) is 0 Å². The number of esters is 1. The highest BCUT2D eigenvalue weighted by molar-refractivity contribution is 7.92. The van der Waals surface area contributed by atoms with E-state index in [1.165, 1.54) is 21.0 Å². The maximum atomic E-state index is 11.3. The Labute approximate surface area is 88.9 Å². The zero-order chi connectivity index (χ0) is 12.2. The van der Waals surface area contributed by atoms with Crippen LogP contribution in [0.15, 0.2) is 0 Å². The van der Waals surface area contributed by atoms with Gasteiger partial charge in [-0.05, 0) is 13.8 Å². The minimum atomic E-state index is -3.44. The van der Waals surface area contributed by atoms with Crippen molar-refractivity contribution in [2.75, 3.05) is 13.4 Å². The van der Waals surface area contributed by atoms with Crippen molar-refractivity contribution < 1.29 is 22.7 Å². The van der Waals surface area contributed by atoms with E-state index in [4.69, 9.17) is 0 Å². The van der Waals surface area contributed by atoms with Gasteiger partial charge in [0, 0.05) is 6.26 Å². The second-order valence-corrected chi connectivity index (χ2v) is 5.59. The molecule has 0 aliphatic carbocycles. The molecule has 0 radical (unpaired) electrons. The number of rotatable bonds is 4. The Morgan fingerprint density at radius 1 is 1.27 bits per heavy atom. The molecule has 0 bridgehead atoms. The Kier molecular flexibility index (Phi) is 4.73. The van der Waals surface area contributed by atoms with Crippen molar-refractivity contribution in [3.63, 3.8) is 0 Å². The molecule has 0 saturated carbocycles. The predicted octanol–water partition coefficient (Wildman–Crippen LogP) is -0.903. The van der Waals surface area contributed by atoms with E-state index < -0.39 is 33.0 Å². The highest BCUT2D eigenvalue weighted by atomic mass is 32.2. The molecule has 0 heterocycles. The highest BCUT2D eigenvalue weighted by Gasteiger charge is 2.26. The summed E-state index contributed by atoms with van der Waals surface area (Å²) in [7, 11) is -2.26. The van der Waals surface area contributed by atoms with Gasteiger partial charge in [0.25, 0.3) is 0 Å². The molecule has 7 heteroatoms. The number of ether oxygens (including phenoxy) is 1. The second kappa shape index (κ2) is 5.11. The lowest BCUT2D eigenvalue weighted by atomic mass is 10.3. The maximum Gasteiger partial charge on any atom is 0.328 e. The zero-order valence-corrected chi connectivity index (χ0v) is 9.92. The van der Waals surface area contributed by atoms with Crippen LogP contribution in [0.3, 0.4) is 0 Å². The predicted molar refractivity (Wildman–Crippen MR) is 53.9 cm³/mol. The fraction of sp³-hybridized carbons (Fsp3) is 0.750. The first kappa shape index (κ1) is 13.9. The first-order valence-electron chi connectivity index (χ1n) is 4.27. The fourth-order valence-corrected chi connectivity index (χ4v) is 1.22. The van der Waals surface area contributed by atoms with Crippen LogP contribution in [0.1, 0.15) is 13.8 Å². The van der Waals surface area contributed by atoms with Crippen LogP contribution in [-0.4, -0.2) is 45.0 Å². The Bertz CT molecular complexity index is 348. The topological polar surface area (TPSA) is 89.5 Å². The largest absolute Gasteiger partial charge is 0.467 e. The number of amides is 1. The van der Waals surface area contributed by atoms with Crippen LogP contribution in [-0.2, 0) is 24.2 Å². The molecule has 0 aromatic heterocycles. The average molecular weight is 237 g/mol. The minimum absolute atomic E-state index is 0.621. The van der Waals surface area contributed by atoms with E-state index in [1.807, 2.05) is 0 Å². The van der Waals surface area contributed by atoms with Crippen molar-refractivity contribution in [1.82, 2.24) is 5.32 Å². The molecular weight excluding hydrogens is 222 g/mol. The van der Waals surface area contributed by atoms with E-state index in [2.05, 4.69) is 10.1 Å². The van der Waals surface area contributed by atoms with Gasteiger partial charge in [-0.3, -0.25) is 4.79 Å². The number of carbonyl (C=O) groups is 2. The number of methoxy groups -OCH3 is 1. The van der Waals surface area contributed by atoms with E-state index in [9.17, 15) is 18.0 Å². The average Bonchev–Trinajstić information content (AvgIpc) is 2.13. The summed E-state index contributed by atoms with van der Waals surface area (Å²) < 4.78 is 26.4. The normalized spacial score (nSPS) is 15.2. The second-order valence-electron chi connectivity index (χ2n) is 3.23. The minimum Gasteiger partial charge on any atom is -0.467 e. The number of hydrogen-bond donors (Lipinski definition) is 1. The molecule has 0 fully saturated rings. The van der Waals surface area contributed by atoms with Gasteiger partial charge in [-0.15, -0.1) is 0 Å². The Morgan fingerprint density at radius 2 is 1.73 bits per heavy atom. The molecule has 1 amide bonds. The number of hydrogen-bond acceptors (Lipinski definition) is 5. The summed E-state index contributed by atoms with van der Waals surface area (Å²) in [5.74, 6) is -1.33. The van der Waals surface area contributed by atoms with E-state index in [0.29, 0.717) is 0 Å². The Morgan fingerprint density at radius 3 is 2.07 bits per heavy atom. The highest BCUT2D eigenvalue weighted by Crippen LogP contribution is 1.98. The molecule has 88 valence electrons. The van der Waals surface area contributed by atoms with E-state index in [0.717, 1.165) is 6.26 Å². The van der Waals surface area contributed by atoms with Crippen molar-refractivity contribution in [3.8, 4) is 0 Å². The number of sulfone groups is 1. The lowest BCUT2D eigenvalue weighted by Gasteiger charge is -2.14. The summed E-state index contributed by atoms with van der Waals surface area (Å²) in [4.78, 5) is 22.3. The Balaban J connectivity index is 4.45. The molecule has 0 aromatic carbocycles. The van der Waals surface area contributed by atoms with Crippen LogP contribution in [0.2, 0.25) is 0 Å². The van der Waals surface area contributed by atoms with Crippen molar-refractivity contribution >= 4 is 21.7 Å². The SMILES string of the molecule is COC(=O)C(C)NC(=O)C(C)S(C)(=O)=O. The van der Waals surface area contributed by atoms with Gasteiger partial charge >= 0.3 is 5.97 Å². The molecule has 0 spiro atoms. The van der Waals surface area contributed by atoms with Gasteiger partial charge < -0.3 is 10.1 Å². The summed E-state index contributed by atoms with van der Waals surface area (Å²) in [6.07, 6.45) is 0.958. The summed E-state index contributed by atoms with van der Waals surface area (Å²) in [6.45, 7) is 2.67. The van der Waals surface area contributed by atoms with Crippen LogP contribution in [0.25, 0.3) is 0 Å². The summed E-state index contributed by atoms with van der Waals surface area (Å²) in [5, 5.41) is 1.07. The molecule has 0 saturated heterocycles. The summed E-state index contributed by atoms with van der Waals surface area (Å²) in [5.41, 5.74) is 0. The number of nitrogens with one attached hydrogen (secondary N) is 1. The maximum absolute atomic E-state index is 11.3. The smallest absolute Gasteiger partial charge is 0.328 e. The van der Waals surface area contributed by atoms with E-state index in [1.54, 1.807) is 0 Å². The van der Waals surface area contributed by atoms with Crippen molar-refractivity contribution in [2.45, 2.75) is 25.1 Å². The third-order valence-electron chi connectivity index (χ3n) is 1.92. The summed E-state index contributed by atoms with van der Waals surface area (Å²) >= 11 is 0. The van der Waals surface area contributed by atoms with Gasteiger partial charge in [-0.2, -0.15) is 0 Å². The van der Waals surface area contributed by atoms with E-state index in [-0.39, 0.29) is 0 Å². The first-order valence-corrected chi connectivity index (χ1v) is 6.22. The molecule has 1 N–H and O–H groups in total. The molecule has 6 nitrogen and oxygen atoms in total. The van der Waals surface area contributed by atoms with Crippen LogP contribution in [0, 0.1) is 0 Å². The Hall–Kier alpha value is -1.11. The van der Waals surface area contributed by atoms with Gasteiger partial charge in [-0.1, -0.05) is 0 Å². The van der Waals surface area contributed by atoms with Gasteiger partial charge in [0.1, 0.15) is 11.3 Å². The van der Waals surface area contributed by atoms with Crippen LogP contribution in [0.5, 0.6) is 0 Å². The van der Waals surface area contributed by atoms with Gasteiger partial charge in [-0.25, -0.2) is 13.2 Å². The zero-order valence-electron chi connectivity index (χ0n) is 9.10. The monoisotopic (exact) mass is 237 g/mol. The molecule has 2 unspecified atom stereocenters. The molecule has 0 aromatic rings. The van der Waals surface area contributed by atoms with Crippen LogP contribution < -0.4 is 5.32 Å². The molecule has 0 aliphatic heterocycles. The summed E-state index contributed by atoms with van der Waals surface area (Å²) in [6, 6.07) is -0.855. The molecule has 15 heavy (non-hydrogen) atoms. The van der Waals surface area contributed by atoms with Crippen molar-refractivity contribution in [1.29, 1.82) is 0 Å². The number of carbonyl (C=O) groups excluding carboxylic acids is 2. The lowest BCUT2D eigenvalue weighted by molar-refractivity contribution is -0.144. The first-order chi connectivity index (χ1) is 6.70. The van der Waals surface area contributed by atoms with E-state index >= 15 is 0 Å².